The van der Waals surface area contributed by atoms with Gasteiger partial charge in [0, 0.05) is 19.6 Å². The molecular weight excluding hydrogens is 220 g/mol. The summed E-state index contributed by atoms with van der Waals surface area (Å²) in [5.41, 5.74) is 1.76. The summed E-state index contributed by atoms with van der Waals surface area (Å²) in [5.74, 6) is 0. The quantitative estimate of drug-likeness (QED) is 0.761. The van der Waals surface area contributed by atoms with Crippen LogP contribution >= 0.6 is 0 Å². The lowest BCUT2D eigenvalue weighted by atomic mass is 9.92. The van der Waals surface area contributed by atoms with Gasteiger partial charge in [0.05, 0.1) is 0 Å². The minimum Gasteiger partial charge on any atom is -0.316 e. The molecule has 1 rings (SSSR count). The zero-order valence-electron chi connectivity index (χ0n) is 12.4. The van der Waals surface area contributed by atoms with E-state index in [2.05, 4.69) is 68.4 Å². The molecule has 0 aliphatic heterocycles. The number of hydrogen-bond donors (Lipinski definition) is 1. The van der Waals surface area contributed by atoms with Crippen molar-refractivity contribution in [1.82, 2.24) is 10.2 Å². The normalized spacial score (nSPS) is 12.1. The highest BCUT2D eigenvalue weighted by Gasteiger charge is 2.19. The van der Waals surface area contributed by atoms with Gasteiger partial charge in [0.15, 0.2) is 0 Å². The number of benzene rings is 1. The van der Waals surface area contributed by atoms with Crippen molar-refractivity contribution in [3.8, 4) is 0 Å². The van der Waals surface area contributed by atoms with E-state index in [1.54, 1.807) is 0 Å². The second-order valence-corrected chi connectivity index (χ2v) is 5.92. The molecule has 0 spiro atoms. The van der Waals surface area contributed by atoms with Gasteiger partial charge >= 0.3 is 0 Å². The summed E-state index contributed by atoms with van der Waals surface area (Å²) in [4.78, 5) is 2.43. The van der Waals surface area contributed by atoms with Crippen LogP contribution in [-0.4, -0.2) is 38.1 Å². The zero-order chi connectivity index (χ0) is 13.4. The van der Waals surface area contributed by atoms with Gasteiger partial charge in [-0.3, -0.25) is 0 Å². The first-order valence-electron chi connectivity index (χ1n) is 6.97. The molecule has 1 aromatic carbocycles. The molecule has 1 aromatic rings. The number of rotatable bonds is 8. The lowest BCUT2D eigenvalue weighted by Gasteiger charge is -2.30. The van der Waals surface area contributed by atoms with E-state index < -0.39 is 0 Å². The van der Waals surface area contributed by atoms with E-state index in [1.165, 1.54) is 5.56 Å². The van der Waals surface area contributed by atoms with Gasteiger partial charge in [0.2, 0.25) is 0 Å². The number of nitrogens with zero attached hydrogens (tertiary/aromatic N) is 1. The lowest BCUT2D eigenvalue weighted by Crippen LogP contribution is -2.39. The van der Waals surface area contributed by atoms with Crippen LogP contribution in [0.25, 0.3) is 0 Å². The van der Waals surface area contributed by atoms with Crippen LogP contribution in [0.2, 0.25) is 0 Å². The average Bonchev–Trinajstić information content (AvgIpc) is 2.35. The van der Waals surface area contributed by atoms with E-state index in [-0.39, 0.29) is 0 Å². The molecule has 0 bridgehead atoms. The molecule has 0 heterocycles. The van der Waals surface area contributed by atoms with Crippen LogP contribution in [-0.2, 0) is 6.42 Å². The number of nitrogens with one attached hydrogen (secondary N) is 1. The second-order valence-electron chi connectivity index (χ2n) is 5.92. The molecule has 0 atom stereocenters. The molecule has 0 aliphatic carbocycles. The molecule has 0 aliphatic rings. The smallest absolute Gasteiger partial charge is 0.00419 e. The summed E-state index contributed by atoms with van der Waals surface area (Å²) in [5, 5.41) is 3.44. The van der Waals surface area contributed by atoms with Gasteiger partial charge in [-0.2, -0.15) is 0 Å². The highest BCUT2D eigenvalue weighted by atomic mass is 15.1. The van der Waals surface area contributed by atoms with Crippen molar-refractivity contribution in [2.24, 2.45) is 5.41 Å². The third-order valence-corrected chi connectivity index (χ3v) is 3.18. The van der Waals surface area contributed by atoms with Crippen LogP contribution in [0, 0.1) is 5.41 Å². The SMILES string of the molecule is CCNCC(C)(C)CN(C)CCc1ccccc1. The van der Waals surface area contributed by atoms with Crippen LogP contribution in [0.4, 0.5) is 0 Å². The Morgan fingerprint density at radius 2 is 1.83 bits per heavy atom. The Bertz CT molecular complexity index is 319. The molecule has 102 valence electrons. The fourth-order valence-corrected chi connectivity index (χ4v) is 2.29. The highest BCUT2D eigenvalue weighted by molar-refractivity contribution is 5.14. The van der Waals surface area contributed by atoms with Gasteiger partial charge in [-0.05, 0) is 31.0 Å². The Hall–Kier alpha value is -0.860. The van der Waals surface area contributed by atoms with Crippen molar-refractivity contribution in [2.45, 2.75) is 27.2 Å². The van der Waals surface area contributed by atoms with Gasteiger partial charge in [-0.15, -0.1) is 0 Å². The van der Waals surface area contributed by atoms with Crippen molar-refractivity contribution < 1.29 is 0 Å². The zero-order valence-corrected chi connectivity index (χ0v) is 12.4. The summed E-state index contributed by atoms with van der Waals surface area (Å²) in [6.07, 6.45) is 1.13. The molecule has 1 N–H and O–H groups in total. The number of hydrogen-bond acceptors (Lipinski definition) is 2. The van der Waals surface area contributed by atoms with E-state index in [9.17, 15) is 0 Å². The van der Waals surface area contributed by atoms with Gasteiger partial charge in [-0.25, -0.2) is 0 Å². The maximum absolute atomic E-state index is 3.44. The average molecular weight is 248 g/mol. The molecule has 0 amide bonds. The van der Waals surface area contributed by atoms with Crippen LogP contribution in [0.5, 0.6) is 0 Å². The molecule has 0 radical (unpaired) electrons. The van der Waals surface area contributed by atoms with E-state index in [4.69, 9.17) is 0 Å². The third kappa shape index (κ3) is 6.18. The van der Waals surface area contributed by atoms with Gasteiger partial charge < -0.3 is 10.2 Å². The molecule has 0 saturated carbocycles. The maximum Gasteiger partial charge on any atom is 0.00419 e. The largest absolute Gasteiger partial charge is 0.316 e. The minimum absolute atomic E-state index is 0.335. The molecule has 18 heavy (non-hydrogen) atoms. The van der Waals surface area contributed by atoms with Crippen molar-refractivity contribution in [3.05, 3.63) is 35.9 Å². The highest BCUT2D eigenvalue weighted by Crippen LogP contribution is 2.15. The maximum atomic E-state index is 3.44. The first-order valence-corrected chi connectivity index (χ1v) is 6.97. The van der Waals surface area contributed by atoms with Crippen LogP contribution in [0.15, 0.2) is 30.3 Å². The predicted molar refractivity (Wildman–Crippen MR) is 80.0 cm³/mol. The number of likely N-dealkylation sites (N-methyl/N-ethyl adjacent to an activating group) is 1. The molecular formula is C16H28N2. The van der Waals surface area contributed by atoms with Crippen molar-refractivity contribution in [3.63, 3.8) is 0 Å². The van der Waals surface area contributed by atoms with Crippen molar-refractivity contribution in [1.29, 1.82) is 0 Å². The van der Waals surface area contributed by atoms with E-state index >= 15 is 0 Å². The molecule has 0 saturated heterocycles. The Morgan fingerprint density at radius 1 is 1.17 bits per heavy atom. The fourth-order valence-electron chi connectivity index (χ4n) is 2.29. The topological polar surface area (TPSA) is 15.3 Å². The summed E-state index contributed by atoms with van der Waals surface area (Å²) in [7, 11) is 2.22. The Kier molecular flexibility index (Phi) is 6.37. The summed E-state index contributed by atoms with van der Waals surface area (Å²) in [6, 6.07) is 10.7. The summed E-state index contributed by atoms with van der Waals surface area (Å²) < 4.78 is 0. The first-order chi connectivity index (χ1) is 8.53. The molecule has 2 nitrogen and oxygen atoms in total. The Balaban J connectivity index is 2.30. The summed E-state index contributed by atoms with van der Waals surface area (Å²) in [6.45, 7) is 11.2. The first kappa shape index (κ1) is 15.2. The third-order valence-electron chi connectivity index (χ3n) is 3.18. The van der Waals surface area contributed by atoms with E-state index in [0.717, 1.165) is 32.6 Å². The predicted octanol–water partition coefficient (Wildman–Crippen LogP) is 2.80. The molecule has 0 fully saturated rings. The molecule has 0 unspecified atom stereocenters. The molecule has 0 aromatic heterocycles. The second kappa shape index (κ2) is 7.55. The Labute approximate surface area is 112 Å². The molecule has 2 heteroatoms. The minimum atomic E-state index is 0.335. The van der Waals surface area contributed by atoms with Gasteiger partial charge in [-0.1, -0.05) is 51.1 Å². The standard InChI is InChI=1S/C16H28N2/c1-5-17-13-16(2,3)14-18(4)12-11-15-9-7-6-8-10-15/h6-10,17H,5,11-14H2,1-4H3. The Morgan fingerprint density at radius 3 is 2.44 bits per heavy atom. The van der Waals surface area contributed by atoms with Crippen molar-refractivity contribution in [2.75, 3.05) is 33.2 Å². The van der Waals surface area contributed by atoms with E-state index in [0.29, 0.717) is 5.41 Å². The monoisotopic (exact) mass is 248 g/mol. The van der Waals surface area contributed by atoms with Crippen molar-refractivity contribution >= 4 is 0 Å². The van der Waals surface area contributed by atoms with Gasteiger partial charge in [0.1, 0.15) is 0 Å². The van der Waals surface area contributed by atoms with Gasteiger partial charge in [0.25, 0.3) is 0 Å². The van der Waals surface area contributed by atoms with E-state index in [1.807, 2.05) is 0 Å². The summed E-state index contributed by atoms with van der Waals surface area (Å²) >= 11 is 0. The van der Waals surface area contributed by atoms with Crippen LogP contribution < -0.4 is 5.32 Å². The lowest BCUT2D eigenvalue weighted by molar-refractivity contribution is 0.206. The van der Waals surface area contributed by atoms with Crippen LogP contribution in [0.1, 0.15) is 26.3 Å². The van der Waals surface area contributed by atoms with Crippen LogP contribution in [0.3, 0.4) is 0 Å². The fraction of sp³-hybridized carbons (Fsp3) is 0.625.